The zero-order valence-corrected chi connectivity index (χ0v) is 10.7. The summed E-state index contributed by atoms with van der Waals surface area (Å²) in [5, 5.41) is 7.46. The molecule has 1 aliphatic heterocycles. The summed E-state index contributed by atoms with van der Waals surface area (Å²) in [6, 6.07) is 6.00. The Morgan fingerprint density at radius 3 is 3.21 bits per heavy atom. The number of piperazine rings is 1. The molecule has 0 aliphatic carbocycles. The Bertz CT molecular complexity index is 622. The number of hydrogen-bond donors (Lipinski definition) is 2. The van der Waals surface area contributed by atoms with Gasteiger partial charge in [0, 0.05) is 19.1 Å². The average Bonchev–Trinajstić information content (AvgIpc) is 2.70. The molecule has 2 heterocycles. The van der Waals surface area contributed by atoms with Gasteiger partial charge in [-0.1, -0.05) is 11.2 Å². The van der Waals surface area contributed by atoms with Gasteiger partial charge in [-0.2, -0.15) is 0 Å². The van der Waals surface area contributed by atoms with Crippen LogP contribution in [0.1, 0.15) is 12.5 Å². The van der Waals surface area contributed by atoms with Crippen molar-refractivity contribution in [3.05, 3.63) is 23.8 Å². The Balaban J connectivity index is 1.80. The Kier molecular flexibility index (Phi) is 2.87. The maximum Gasteiger partial charge on any atom is 0.234 e. The van der Waals surface area contributed by atoms with Crippen molar-refractivity contribution >= 4 is 22.7 Å². The minimum absolute atomic E-state index is 0.0734. The third kappa shape index (κ3) is 2.39. The highest BCUT2D eigenvalue weighted by molar-refractivity contribution is 5.87. The van der Waals surface area contributed by atoms with Gasteiger partial charge in [-0.25, -0.2) is 0 Å². The molecule has 0 radical (unpaired) electrons. The summed E-state index contributed by atoms with van der Waals surface area (Å²) in [7, 11) is 0. The molecule has 0 saturated carbocycles. The third-order valence-corrected chi connectivity index (χ3v) is 3.28. The summed E-state index contributed by atoms with van der Waals surface area (Å²) in [6.45, 7) is 4.01. The van der Waals surface area contributed by atoms with Gasteiger partial charge in [-0.15, -0.1) is 0 Å². The van der Waals surface area contributed by atoms with Crippen molar-refractivity contribution in [2.45, 2.75) is 19.5 Å². The number of amides is 1. The Labute approximate surface area is 110 Å². The van der Waals surface area contributed by atoms with Crippen molar-refractivity contribution in [1.82, 2.24) is 15.4 Å². The van der Waals surface area contributed by atoms with Crippen molar-refractivity contribution in [2.24, 2.45) is 0 Å². The molecule has 6 nitrogen and oxygen atoms in total. The molecule has 0 bridgehead atoms. The summed E-state index contributed by atoms with van der Waals surface area (Å²) >= 11 is 0. The normalized spacial score (nSPS) is 20.7. The van der Waals surface area contributed by atoms with Crippen molar-refractivity contribution in [3.8, 4) is 0 Å². The molecular weight excluding hydrogens is 244 g/mol. The Morgan fingerprint density at radius 1 is 1.58 bits per heavy atom. The summed E-state index contributed by atoms with van der Waals surface area (Å²) in [4.78, 5) is 13.6. The molecule has 1 fully saturated rings. The molecule has 3 N–H and O–H groups in total. The van der Waals surface area contributed by atoms with Crippen LogP contribution in [0.3, 0.4) is 0 Å². The van der Waals surface area contributed by atoms with Crippen LogP contribution in [0.5, 0.6) is 0 Å². The lowest BCUT2D eigenvalue weighted by Crippen LogP contribution is -2.52. The van der Waals surface area contributed by atoms with E-state index in [1.54, 1.807) is 0 Å². The number of carbonyl (C=O) groups is 1. The second-order valence-electron chi connectivity index (χ2n) is 5.04. The van der Waals surface area contributed by atoms with Crippen LogP contribution in [0.4, 0.5) is 5.82 Å². The van der Waals surface area contributed by atoms with Crippen molar-refractivity contribution in [1.29, 1.82) is 0 Å². The van der Waals surface area contributed by atoms with E-state index in [4.69, 9.17) is 10.3 Å². The number of benzene rings is 1. The van der Waals surface area contributed by atoms with E-state index in [2.05, 4.69) is 15.4 Å². The fourth-order valence-electron chi connectivity index (χ4n) is 2.50. The van der Waals surface area contributed by atoms with E-state index in [9.17, 15) is 4.79 Å². The smallest absolute Gasteiger partial charge is 0.234 e. The fraction of sp³-hybridized carbons (Fsp3) is 0.385. The molecule has 1 aromatic heterocycles. The van der Waals surface area contributed by atoms with Gasteiger partial charge in [-0.05, 0) is 24.6 Å². The van der Waals surface area contributed by atoms with Crippen LogP contribution in [0.25, 0.3) is 11.0 Å². The molecular formula is C13H16N4O2. The van der Waals surface area contributed by atoms with Crippen LogP contribution in [0.15, 0.2) is 22.7 Å². The predicted molar refractivity (Wildman–Crippen MR) is 71.3 cm³/mol. The quantitative estimate of drug-likeness (QED) is 0.831. The lowest BCUT2D eigenvalue weighted by Gasteiger charge is -2.31. The molecule has 1 unspecified atom stereocenters. The largest absolute Gasteiger partial charge is 0.380 e. The lowest BCUT2D eigenvalue weighted by atomic mass is 10.1. The summed E-state index contributed by atoms with van der Waals surface area (Å²) in [6.07, 6.45) is 0. The number of aromatic nitrogens is 1. The maximum absolute atomic E-state index is 11.5. The van der Waals surface area contributed by atoms with E-state index in [0.29, 0.717) is 17.9 Å². The highest BCUT2D eigenvalue weighted by Crippen LogP contribution is 2.22. The van der Waals surface area contributed by atoms with Gasteiger partial charge in [0.1, 0.15) is 0 Å². The summed E-state index contributed by atoms with van der Waals surface area (Å²) in [5.74, 6) is 0.478. The first-order valence-corrected chi connectivity index (χ1v) is 6.27. The number of nitrogens with zero attached hydrogens (tertiary/aromatic N) is 2. The number of rotatable bonds is 2. The SMILES string of the molecule is CC1CN(Cc2ccc3onc(N)c3c2)CC(=O)N1. The second-order valence-corrected chi connectivity index (χ2v) is 5.04. The number of anilines is 1. The Hall–Kier alpha value is -2.08. The van der Waals surface area contributed by atoms with E-state index >= 15 is 0 Å². The molecule has 2 aromatic rings. The zero-order valence-electron chi connectivity index (χ0n) is 10.7. The van der Waals surface area contributed by atoms with Crippen LogP contribution < -0.4 is 11.1 Å². The Morgan fingerprint density at radius 2 is 2.42 bits per heavy atom. The van der Waals surface area contributed by atoms with E-state index in [-0.39, 0.29) is 11.9 Å². The molecule has 100 valence electrons. The molecule has 19 heavy (non-hydrogen) atoms. The number of carbonyl (C=O) groups excluding carboxylic acids is 1. The highest BCUT2D eigenvalue weighted by Gasteiger charge is 2.21. The van der Waals surface area contributed by atoms with Gasteiger partial charge in [0.2, 0.25) is 5.91 Å². The van der Waals surface area contributed by atoms with Crippen LogP contribution in [0.2, 0.25) is 0 Å². The monoisotopic (exact) mass is 260 g/mol. The molecule has 1 amide bonds. The predicted octanol–water partition coefficient (Wildman–Crippen LogP) is 0.730. The molecule has 1 atom stereocenters. The van der Waals surface area contributed by atoms with Gasteiger partial charge in [-0.3, -0.25) is 9.69 Å². The summed E-state index contributed by atoms with van der Waals surface area (Å²) in [5.41, 5.74) is 7.53. The first-order valence-electron chi connectivity index (χ1n) is 6.27. The van der Waals surface area contributed by atoms with Crippen molar-refractivity contribution in [3.63, 3.8) is 0 Å². The van der Waals surface area contributed by atoms with Gasteiger partial charge in [0.25, 0.3) is 0 Å². The number of nitrogens with two attached hydrogens (primary N) is 1. The molecule has 3 rings (SSSR count). The van der Waals surface area contributed by atoms with Gasteiger partial charge in [0.15, 0.2) is 11.4 Å². The number of fused-ring (bicyclic) bond motifs is 1. The van der Waals surface area contributed by atoms with Gasteiger partial charge < -0.3 is 15.6 Å². The van der Waals surface area contributed by atoms with E-state index in [1.807, 2.05) is 25.1 Å². The standard InChI is InChI=1S/C13H16N4O2/c1-8-5-17(7-12(18)15-8)6-9-2-3-11-10(4-9)13(14)16-19-11/h2-4,8H,5-7H2,1H3,(H2,14,16)(H,15,18). The van der Waals surface area contributed by atoms with Crippen molar-refractivity contribution < 1.29 is 9.32 Å². The number of nitrogen functional groups attached to an aromatic ring is 1. The molecule has 0 spiro atoms. The van der Waals surface area contributed by atoms with Gasteiger partial charge >= 0.3 is 0 Å². The van der Waals surface area contributed by atoms with Crippen LogP contribution in [-0.4, -0.2) is 35.1 Å². The van der Waals surface area contributed by atoms with Crippen LogP contribution >= 0.6 is 0 Å². The summed E-state index contributed by atoms with van der Waals surface area (Å²) < 4.78 is 5.08. The molecule has 1 aliphatic rings. The first-order chi connectivity index (χ1) is 9.11. The first kappa shape index (κ1) is 12.0. The van der Waals surface area contributed by atoms with Crippen molar-refractivity contribution in [2.75, 3.05) is 18.8 Å². The minimum Gasteiger partial charge on any atom is -0.380 e. The number of nitrogens with one attached hydrogen (secondary N) is 1. The lowest BCUT2D eigenvalue weighted by molar-refractivity contribution is -0.125. The zero-order chi connectivity index (χ0) is 13.4. The molecule has 1 saturated heterocycles. The maximum atomic E-state index is 11.5. The van der Waals surface area contributed by atoms with E-state index < -0.39 is 0 Å². The molecule has 6 heteroatoms. The average molecular weight is 260 g/mol. The fourth-order valence-corrected chi connectivity index (χ4v) is 2.50. The van der Waals surface area contributed by atoms with Crippen LogP contribution in [-0.2, 0) is 11.3 Å². The topological polar surface area (TPSA) is 84.4 Å². The second kappa shape index (κ2) is 4.55. The third-order valence-electron chi connectivity index (χ3n) is 3.28. The molecule has 1 aromatic carbocycles. The number of hydrogen-bond acceptors (Lipinski definition) is 5. The van der Waals surface area contributed by atoms with Crippen LogP contribution in [0, 0.1) is 0 Å². The van der Waals surface area contributed by atoms with Gasteiger partial charge in [0.05, 0.1) is 11.9 Å². The van der Waals surface area contributed by atoms with E-state index in [1.165, 1.54) is 0 Å². The highest BCUT2D eigenvalue weighted by atomic mass is 16.5. The minimum atomic E-state index is 0.0734. The van der Waals surface area contributed by atoms with E-state index in [0.717, 1.165) is 24.0 Å².